The molecule has 0 aliphatic rings. The fourth-order valence-electron chi connectivity index (χ4n) is 0.466. The van der Waals surface area contributed by atoms with Crippen LogP contribution in [-0.4, -0.2) is 37.5 Å². The lowest BCUT2D eigenvalue weighted by Gasteiger charge is -2.15. The zero-order chi connectivity index (χ0) is 8.85. The van der Waals surface area contributed by atoms with Crippen LogP contribution in [0.2, 0.25) is 0 Å². The van der Waals surface area contributed by atoms with Gasteiger partial charge < -0.3 is 4.74 Å². The lowest BCUT2D eigenvalue weighted by molar-refractivity contribution is -0.110. The molecular weight excluding hydrogens is 148 g/mol. The zero-order valence-electron chi connectivity index (χ0n) is 6.27. The van der Waals surface area contributed by atoms with E-state index in [1.165, 1.54) is 14.2 Å². The summed E-state index contributed by atoms with van der Waals surface area (Å²) in [5.41, 5.74) is 0. The van der Waals surface area contributed by atoms with Crippen molar-refractivity contribution < 1.29 is 14.3 Å². The number of likely N-dealkylation sites (N-methyl/N-ethyl adjacent to an activating group) is 1. The van der Waals surface area contributed by atoms with E-state index < -0.39 is 12.1 Å². The molecule has 0 aliphatic heterocycles. The van der Waals surface area contributed by atoms with E-state index in [1.54, 1.807) is 6.07 Å². The highest BCUT2D eigenvalue weighted by Crippen LogP contribution is 1.93. The SMILES string of the molecule is COC(=O)N(C)C(C#N)C=O. The quantitative estimate of drug-likeness (QED) is 0.518. The smallest absolute Gasteiger partial charge is 0.410 e. The van der Waals surface area contributed by atoms with Crippen LogP contribution in [0.4, 0.5) is 4.79 Å². The summed E-state index contributed by atoms with van der Waals surface area (Å²) in [5, 5.41) is 8.31. The number of carbonyl (C=O) groups is 2. The van der Waals surface area contributed by atoms with Crippen molar-refractivity contribution in [2.45, 2.75) is 6.04 Å². The molecule has 0 saturated carbocycles. The Hall–Kier alpha value is -1.57. The lowest BCUT2D eigenvalue weighted by atomic mass is 10.3. The Morgan fingerprint density at radius 3 is 2.64 bits per heavy atom. The molecule has 0 aromatic carbocycles. The lowest BCUT2D eigenvalue weighted by Crippen LogP contribution is -2.36. The molecule has 0 aromatic heterocycles. The molecule has 0 fully saturated rings. The summed E-state index contributed by atoms with van der Waals surface area (Å²) in [7, 11) is 2.49. The molecule has 1 amide bonds. The molecule has 5 heteroatoms. The van der Waals surface area contributed by atoms with Gasteiger partial charge in [0.15, 0.2) is 12.3 Å². The molecule has 60 valence electrons. The van der Waals surface area contributed by atoms with Crippen molar-refractivity contribution in [3.8, 4) is 6.07 Å². The minimum Gasteiger partial charge on any atom is -0.453 e. The van der Waals surface area contributed by atoms with Crippen LogP contribution in [0.15, 0.2) is 0 Å². The first-order chi connectivity index (χ1) is 5.17. The van der Waals surface area contributed by atoms with Gasteiger partial charge in [0.05, 0.1) is 13.2 Å². The number of hydrogen-bond donors (Lipinski definition) is 0. The molecule has 1 unspecified atom stereocenters. The first kappa shape index (κ1) is 9.43. The Bertz CT molecular complexity index is 196. The highest BCUT2D eigenvalue weighted by Gasteiger charge is 2.18. The Morgan fingerprint density at radius 1 is 1.82 bits per heavy atom. The predicted octanol–water partition coefficient (Wildman–Crippen LogP) is -0.224. The third-order valence-corrected chi connectivity index (χ3v) is 1.14. The maximum absolute atomic E-state index is 10.7. The average molecular weight is 156 g/mol. The molecular formula is C6H8N2O3. The van der Waals surface area contributed by atoms with Gasteiger partial charge >= 0.3 is 6.09 Å². The van der Waals surface area contributed by atoms with Crippen LogP contribution >= 0.6 is 0 Å². The first-order valence-electron chi connectivity index (χ1n) is 2.83. The molecule has 0 bridgehead atoms. The number of nitriles is 1. The fraction of sp³-hybridized carbons (Fsp3) is 0.500. The molecule has 0 spiro atoms. The van der Waals surface area contributed by atoms with Gasteiger partial charge in [-0.3, -0.25) is 9.69 Å². The predicted molar refractivity (Wildman–Crippen MR) is 35.6 cm³/mol. The van der Waals surface area contributed by atoms with E-state index in [-0.39, 0.29) is 0 Å². The minimum atomic E-state index is -1.07. The molecule has 0 aliphatic carbocycles. The molecule has 0 heterocycles. The summed E-state index contributed by atoms with van der Waals surface area (Å²) in [6.07, 6.45) is -0.333. The molecule has 0 N–H and O–H groups in total. The van der Waals surface area contributed by atoms with E-state index in [0.717, 1.165) is 4.90 Å². The Labute approximate surface area is 64.2 Å². The summed E-state index contributed by atoms with van der Waals surface area (Å²) >= 11 is 0. The monoisotopic (exact) mass is 156 g/mol. The number of aldehydes is 1. The third kappa shape index (κ3) is 2.26. The topological polar surface area (TPSA) is 70.4 Å². The molecule has 0 saturated heterocycles. The van der Waals surface area contributed by atoms with Crippen LogP contribution in [0.1, 0.15) is 0 Å². The Kier molecular flexibility index (Phi) is 3.67. The number of amides is 1. The number of rotatable bonds is 2. The number of methoxy groups -OCH3 is 1. The van der Waals surface area contributed by atoms with Gasteiger partial charge in [0.1, 0.15) is 0 Å². The fourth-order valence-corrected chi connectivity index (χ4v) is 0.466. The van der Waals surface area contributed by atoms with Gasteiger partial charge in [-0.1, -0.05) is 0 Å². The molecule has 0 aromatic rings. The first-order valence-corrected chi connectivity index (χ1v) is 2.83. The Morgan fingerprint density at radius 2 is 2.36 bits per heavy atom. The van der Waals surface area contributed by atoms with E-state index in [2.05, 4.69) is 4.74 Å². The van der Waals surface area contributed by atoms with Gasteiger partial charge in [0, 0.05) is 7.05 Å². The zero-order valence-corrected chi connectivity index (χ0v) is 6.27. The van der Waals surface area contributed by atoms with Crippen LogP contribution < -0.4 is 0 Å². The number of hydrogen-bond acceptors (Lipinski definition) is 4. The van der Waals surface area contributed by atoms with E-state index in [1.807, 2.05) is 0 Å². The normalized spacial score (nSPS) is 11.0. The number of carbonyl (C=O) groups excluding carboxylic acids is 2. The van der Waals surface area contributed by atoms with Gasteiger partial charge in [-0.2, -0.15) is 5.26 Å². The van der Waals surface area contributed by atoms with Gasteiger partial charge in [0.2, 0.25) is 0 Å². The number of ether oxygens (including phenoxy) is 1. The molecule has 5 nitrogen and oxygen atoms in total. The van der Waals surface area contributed by atoms with Crippen molar-refractivity contribution in [1.82, 2.24) is 4.90 Å². The molecule has 11 heavy (non-hydrogen) atoms. The van der Waals surface area contributed by atoms with Crippen molar-refractivity contribution in [3.63, 3.8) is 0 Å². The summed E-state index contributed by atoms with van der Waals surface area (Å²) in [6, 6.07) is 0.557. The maximum Gasteiger partial charge on any atom is 0.410 e. The molecule has 0 rings (SSSR count). The van der Waals surface area contributed by atoms with Crippen molar-refractivity contribution in [2.75, 3.05) is 14.2 Å². The van der Waals surface area contributed by atoms with E-state index in [4.69, 9.17) is 5.26 Å². The second-order valence-electron chi connectivity index (χ2n) is 1.79. The Balaban J connectivity index is 4.22. The third-order valence-electron chi connectivity index (χ3n) is 1.14. The minimum absolute atomic E-state index is 0.372. The maximum atomic E-state index is 10.7. The van der Waals surface area contributed by atoms with Crippen LogP contribution in [0.5, 0.6) is 0 Å². The van der Waals surface area contributed by atoms with Crippen molar-refractivity contribution in [2.24, 2.45) is 0 Å². The number of nitrogens with zero attached hydrogens (tertiary/aromatic N) is 2. The summed E-state index contributed by atoms with van der Waals surface area (Å²) in [4.78, 5) is 21.7. The van der Waals surface area contributed by atoms with Crippen LogP contribution in [-0.2, 0) is 9.53 Å². The van der Waals surface area contributed by atoms with Gasteiger partial charge in [-0.15, -0.1) is 0 Å². The van der Waals surface area contributed by atoms with E-state index in [0.29, 0.717) is 6.29 Å². The van der Waals surface area contributed by atoms with Crippen molar-refractivity contribution in [3.05, 3.63) is 0 Å². The van der Waals surface area contributed by atoms with Crippen molar-refractivity contribution >= 4 is 12.4 Å². The van der Waals surface area contributed by atoms with E-state index >= 15 is 0 Å². The summed E-state index contributed by atoms with van der Waals surface area (Å²) < 4.78 is 4.27. The van der Waals surface area contributed by atoms with Crippen LogP contribution in [0, 0.1) is 11.3 Å². The molecule has 1 atom stereocenters. The summed E-state index contributed by atoms with van der Waals surface area (Å²) in [5.74, 6) is 0. The van der Waals surface area contributed by atoms with Crippen LogP contribution in [0.25, 0.3) is 0 Å². The van der Waals surface area contributed by atoms with E-state index in [9.17, 15) is 9.59 Å². The van der Waals surface area contributed by atoms with Crippen molar-refractivity contribution in [1.29, 1.82) is 5.26 Å². The largest absolute Gasteiger partial charge is 0.453 e. The van der Waals surface area contributed by atoms with Crippen LogP contribution in [0.3, 0.4) is 0 Å². The van der Waals surface area contributed by atoms with Gasteiger partial charge in [0.25, 0.3) is 0 Å². The highest BCUT2D eigenvalue weighted by molar-refractivity contribution is 5.74. The van der Waals surface area contributed by atoms with Gasteiger partial charge in [-0.05, 0) is 0 Å². The second-order valence-corrected chi connectivity index (χ2v) is 1.79. The average Bonchev–Trinajstić information content (AvgIpc) is 2.05. The van der Waals surface area contributed by atoms with Gasteiger partial charge in [-0.25, -0.2) is 4.79 Å². The summed E-state index contributed by atoms with van der Waals surface area (Å²) in [6.45, 7) is 0. The standard InChI is InChI=1S/C6H8N2O3/c1-8(6(10)11-2)5(3-7)4-9/h4-5H,1-2H3. The molecule has 0 radical (unpaired) electrons. The highest BCUT2D eigenvalue weighted by atomic mass is 16.5. The second kappa shape index (κ2) is 4.28.